The topological polar surface area (TPSA) is 97.2 Å². The Kier molecular flexibility index (Phi) is 9.19. The van der Waals surface area contributed by atoms with Gasteiger partial charge >= 0.3 is 0 Å². The molecule has 3 heterocycles. The highest BCUT2D eigenvalue weighted by atomic mass is 19.1. The predicted octanol–water partition coefficient (Wildman–Crippen LogP) is 6.37. The number of pyridine rings is 1. The highest BCUT2D eigenvalue weighted by molar-refractivity contribution is 5.86. The molecule has 0 aliphatic carbocycles. The second-order valence-electron chi connectivity index (χ2n) is 11.1. The first-order valence-electron chi connectivity index (χ1n) is 14.7. The second kappa shape index (κ2) is 13.2. The molecule has 42 heavy (non-hydrogen) atoms. The Morgan fingerprint density at radius 2 is 2.00 bits per heavy atom. The maximum atomic E-state index is 15.0. The first-order chi connectivity index (χ1) is 20.4. The van der Waals surface area contributed by atoms with Crippen LogP contribution in [0.5, 0.6) is 0 Å². The first-order valence-corrected chi connectivity index (χ1v) is 14.7. The smallest absolute Gasteiger partial charge is 0.222 e. The number of amides is 1. The molecule has 1 atom stereocenters. The van der Waals surface area contributed by atoms with Crippen LogP contribution in [0.2, 0.25) is 0 Å². The number of fused-ring (bicyclic) bond motifs is 1. The van der Waals surface area contributed by atoms with Crippen LogP contribution in [-0.4, -0.2) is 47.2 Å². The molecule has 0 spiro atoms. The van der Waals surface area contributed by atoms with Crippen molar-refractivity contribution in [3.8, 4) is 17.2 Å². The van der Waals surface area contributed by atoms with E-state index >= 15 is 4.39 Å². The summed E-state index contributed by atoms with van der Waals surface area (Å²) in [6.07, 6.45) is 6.46. The van der Waals surface area contributed by atoms with E-state index in [1.54, 1.807) is 25.4 Å². The minimum absolute atomic E-state index is 0.175. The van der Waals surface area contributed by atoms with Crippen molar-refractivity contribution in [3.63, 3.8) is 0 Å². The van der Waals surface area contributed by atoms with E-state index in [0.29, 0.717) is 37.2 Å². The first kappa shape index (κ1) is 29.3. The number of halogens is 1. The zero-order valence-corrected chi connectivity index (χ0v) is 24.4. The molecule has 2 aromatic heterocycles. The van der Waals surface area contributed by atoms with Crippen molar-refractivity contribution in [2.75, 3.05) is 32.5 Å². The van der Waals surface area contributed by atoms with E-state index in [2.05, 4.69) is 34.7 Å². The third kappa shape index (κ3) is 6.17. The van der Waals surface area contributed by atoms with E-state index in [-0.39, 0.29) is 23.5 Å². The Balaban J connectivity index is 1.22. The van der Waals surface area contributed by atoms with E-state index in [4.69, 9.17) is 10.5 Å². The number of methoxy groups -OCH3 is 1. The Labute approximate surface area is 246 Å². The average Bonchev–Trinajstić information content (AvgIpc) is 3.30. The molecule has 1 aliphatic rings. The SMILES string of the molecule is COCCCn1c(C2CCCN(C(=O)CCCc3ccc(-c4cnc(N)c(C#N)c4)cc3)C2)c(C)c2cccc(F)c21. The largest absolute Gasteiger partial charge is 0.385 e. The molecule has 2 N–H and O–H groups in total. The number of benzene rings is 2. The fourth-order valence-electron chi connectivity index (χ4n) is 6.29. The number of rotatable bonds is 10. The number of nitrogens with two attached hydrogens (primary N) is 1. The number of ether oxygens (including phenoxy) is 1. The molecule has 1 saturated heterocycles. The average molecular weight is 568 g/mol. The molecule has 1 unspecified atom stereocenters. The minimum atomic E-state index is -0.201. The lowest BCUT2D eigenvalue weighted by atomic mass is 9.91. The summed E-state index contributed by atoms with van der Waals surface area (Å²) in [6, 6.07) is 17.3. The maximum absolute atomic E-state index is 15.0. The Hall–Kier alpha value is -4.22. The summed E-state index contributed by atoms with van der Waals surface area (Å²) in [4.78, 5) is 19.4. The number of aromatic nitrogens is 2. The quantitative estimate of drug-likeness (QED) is 0.225. The van der Waals surface area contributed by atoms with Crippen LogP contribution in [0.25, 0.3) is 22.0 Å². The van der Waals surface area contributed by atoms with Crippen molar-refractivity contribution >= 4 is 22.6 Å². The number of aryl methyl sites for hydroxylation is 3. The third-order valence-corrected chi connectivity index (χ3v) is 8.41. The summed E-state index contributed by atoms with van der Waals surface area (Å²) in [7, 11) is 1.69. The number of nitrogens with zero attached hydrogens (tertiary/aromatic N) is 4. The Bertz CT molecular complexity index is 1610. The summed E-state index contributed by atoms with van der Waals surface area (Å²) < 4.78 is 22.4. The number of nitrogen functional groups attached to an aromatic ring is 1. The fraction of sp³-hybridized carbons (Fsp3) is 0.382. The number of hydrogen-bond acceptors (Lipinski definition) is 5. The van der Waals surface area contributed by atoms with Crippen molar-refractivity contribution < 1.29 is 13.9 Å². The molecule has 1 aliphatic heterocycles. The van der Waals surface area contributed by atoms with Gasteiger partial charge in [0, 0.05) is 68.5 Å². The molecule has 7 nitrogen and oxygen atoms in total. The zero-order valence-electron chi connectivity index (χ0n) is 24.4. The van der Waals surface area contributed by atoms with Crippen LogP contribution in [0.4, 0.5) is 10.2 Å². The summed E-state index contributed by atoms with van der Waals surface area (Å²) in [5, 5.41) is 10.2. The number of piperidine rings is 1. The highest BCUT2D eigenvalue weighted by Crippen LogP contribution is 2.37. The van der Waals surface area contributed by atoms with Crippen LogP contribution in [0.1, 0.15) is 60.4 Å². The lowest BCUT2D eigenvalue weighted by Crippen LogP contribution is -2.39. The monoisotopic (exact) mass is 567 g/mol. The van der Waals surface area contributed by atoms with Crippen molar-refractivity contribution in [1.82, 2.24) is 14.5 Å². The summed E-state index contributed by atoms with van der Waals surface area (Å²) in [5.74, 6) is 0.386. The molecule has 0 radical (unpaired) electrons. The molecule has 218 valence electrons. The van der Waals surface area contributed by atoms with Gasteiger partial charge in [0.1, 0.15) is 17.7 Å². The van der Waals surface area contributed by atoms with Crippen LogP contribution in [0.15, 0.2) is 54.7 Å². The van der Waals surface area contributed by atoms with Crippen LogP contribution >= 0.6 is 0 Å². The van der Waals surface area contributed by atoms with Gasteiger partial charge in [0.2, 0.25) is 5.91 Å². The van der Waals surface area contributed by atoms with E-state index in [1.807, 2.05) is 23.1 Å². The molecule has 5 rings (SSSR count). The zero-order chi connectivity index (χ0) is 29.6. The van der Waals surface area contributed by atoms with Crippen molar-refractivity contribution in [2.24, 2.45) is 0 Å². The van der Waals surface area contributed by atoms with Crippen molar-refractivity contribution in [1.29, 1.82) is 5.26 Å². The second-order valence-corrected chi connectivity index (χ2v) is 11.1. The summed E-state index contributed by atoms with van der Waals surface area (Å²) >= 11 is 0. The third-order valence-electron chi connectivity index (χ3n) is 8.41. The van der Waals surface area contributed by atoms with E-state index < -0.39 is 0 Å². The molecule has 2 aromatic carbocycles. The van der Waals surface area contributed by atoms with Crippen molar-refractivity contribution in [2.45, 2.75) is 57.9 Å². The Morgan fingerprint density at radius 3 is 2.76 bits per heavy atom. The number of para-hydroxylation sites is 1. The number of anilines is 1. The fourth-order valence-corrected chi connectivity index (χ4v) is 6.29. The lowest BCUT2D eigenvalue weighted by molar-refractivity contribution is -0.132. The standard InChI is InChI=1S/C34H38FN5O2/c1-23-29-9-4-10-30(35)33(29)40(17-6-18-42-2)32(23)26-8-5-16-39(22-26)31(41)11-3-7-24-12-14-25(15-13-24)28-19-27(20-36)34(37)38-21-28/h4,9-10,12-15,19,21,26H,3,5-8,11,16-18,22H2,1-2H3,(H2,37,38). The Morgan fingerprint density at radius 1 is 1.19 bits per heavy atom. The molecule has 1 amide bonds. The maximum Gasteiger partial charge on any atom is 0.222 e. The number of nitriles is 1. The van der Waals surface area contributed by atoms with Gasteiger partial charge in [-0.15, -0.1) is 0 Å². The van der Waals surface area contributed by atoms with Gasteiger partial charge in [-0.2, -0.15) is 5.26 Å². The molecule has 1 fully saturated rings. The van der Waals surface area contributed by atoms with Gasteiger partial charge in [0.05, 0.1) is 11.1 Å². The summed E-state index contributed by atoms with van der Waals surface area (Å²) in [5.41, 5.74) is 12.0. The van der Waals surface area contributed by atoms with Crippen molar-refractivity contribution in [3.05, 3.63) is 82.9 Å². The van der Waals surface area contributed by atoms with Gasteiger partial charge in [0.25, 0.3) is 0 Å². The molecule has 4 aromatic rings. The van der Waals surface area contributed by atoms with Gasteiger partial charge in [0.15, 0.2) is 0 Å². The van der Waals surface area contributed by atoms with Gasteiger partial charge in [-0.1, -0.05) is 36.4 Å². The molecular formula is C34H38FN5O2. The van der Waals surface area contributed by atoms with Gasteiger partial charge in [-0.3, -0.25) is 4.79 Å². The number of likely N-dealkylation sites (tertiary alicyclic amines) is 1. The highest BCUT2D eigenvalue weighted by Gasteiger charge is 2.29. The van der Waals surface area contributed by atoms with Crippen LogP contribution in [-0.2, 0) is 22.5 Å². The molecule has 0 bridgehead atoms. The van der Waals surface area contributed by atoms with Crippen LogP contribution in [0, 0.1) is 24.1 Å². The van der Waals surface area contributed by atoms with E-state index in [1.165, 1.54) is 6.07 Å². The van der Waals surface area contributed by atoms with E-state index in [0.717, 1.165) is 72.0 Å². The normalized spacial score (nSPS) is 15.2. The van der Waals surface area contributed by atoms with Crippen LogP contribution in [0.3, 0.4) is 0 Å². The van der Waals surface area contributed by atoms with Gasteiger partial charge in [-0.25, -0.2) is 9.37 Å². The number of hydrogen-bond donors (Lipinski definition) is 1. The lowest BCUT2D eigenvalue weighted by Gasteiger charge is -2.34. The summed E-state index contributed by atoms with van der Waals surface area (Å²) in [6.45, 7) is 4.82. The van der Waals surface area contributed by atoms with Gasteiger partial charge < -0.3 is 19.9 Å². The van der Waals surface area contributed by atoms with Crippen LogP contribution < -0.4 is 5.73 Å². The minimum Gasteiger partial charge on any atom is -0.385 e. The van der Waals surface area contributed by atoms with E-state index in [9.17, 15) is 10.1 Å². The van der Waals surface area contributed by atoms with Gasteiger partial charge in [-0.05, 0) is 67.9 Å². The number of carbonyl (C=O) groups is 1. The molecule has 8 heteroatoms. The molecular weight excluding hydrogens is 529 g/mol. The number of carbonyl (C=O) groups excluding carboxylic acids is 1. The molecule has 0 saturated carbocycles. The predicted molar refractivity (Wildman–Crippen MR) is 163 cm³/mol.